The lowest BCUT2D eigenvalue weighted by atomic mass is 10.1. The molecule has 2 aromatic carbocycles. The van der Waals surface area contributed by atoms with Gasteiger partial charge in [-0.2, -0.15) is 0 Å². The van der Waals surface area contributed by atoms with Crippen LogP contribution in [0.3, 0.4) is 0 Å². The Morgan fingerprint density at radius 3 is 2.18 bits per heavy atom. The quantitative estimate of drug-likeness (QED) is 0.655. The normalized spacial score (nSPS) is 11.5. The lowest BCUT2D eigenvalue weighted by molar-refractivity contribution is 0.104. The highest BCUT2D eigenvalue weighted by Crippen LogP contribution is 2.12. The largest absolute Gasteiger partial charge is 0.362 e. The van der Waals surface area contributed by atoms with Gasteiger partial charge in [-0.3, -0.25) is 4.79 Å². The second kappa shape index (κ2) is 6.55. The van der Waals surface area contributed by atoms with Gasteiger partial charge in [0.25, 0.3) is 0 Å². The molecule has 5 nitrogen and oxygen atoms in total. The third kappa shape index (κ3) is 4.28. The number of aryl methyl sites for hydroxylation is 1. The first-order chi connectivity index (χ1) is 10.4. The molecule has 22 heavy (non-hydrogen) atoms. The molecule has 0 radical (unpaired) electrons. The highest BCUT2D eigenvalue weighted by Gasteiger charge is 2.06. The van der Waals surface area contributed by atoms with Crippen molar-refractivity contribution in [3.05, 3.63) is 71.9 Å². The van der Waals surface area contributed by atoms with Gasteiger partial charge in [0.15, 0.2) is 5.78 Å². The van der Waals surface area contributed by atoms with Crippen LogP contribution in [0.15, 0.2) is 65.7 Å². The minimum Gasteiger partial charge on any atom is -0.362 e. The van der Waals surface area contributed by atoms with E-state index in [9.17, 15) is 13.2 Å². The number of sulfonamides is 1. The number of anilines is 1. The van der Waals surface area contributed by atoms with E-state index in [4.69, 9.17) is 5.14 Å². The van der Waals surface area contributed by atoms with Gasteiger partial charge in [-0.25, -0.2) is 13.6 Å². The van der Waals surface area contributed by atoms with Crippen LogP contribution in [-0.4, -0.2) is 14.2 Å². The van der Waals surface area contributed by atoms with Crippen molar-refractivity contribution < 1.29 is 13.2 Å². The molecular formula is C16H16N2O3S. The van der Waals surface area contributed by atoms with Gasteiger partial charge in [-0.1, -0.05) is 29.8 Å². The molecule has 2 rings (SSSR count). The molecular weight excluding hydrogens is 300 g/mol. The van der Waals surface area contributed by atoms with E-state index in [1.54, 1.807) is 24.3 Å². The number of primary sulfonamides is 1. The Kier molecular flexibility index (Phi) is 4.75. The zero-order chi connectivity index (χ0) is 16.2. The number of carbonyl (C=O) groups is 1. The van der Waals surface area contributed by atoms with E-state index >= 15 is 0 Å². The number of allylic oxidation sites excluding steroid dienone is 1. The van der Waals surface area contributed by atoms with Crippen LogP contribution in [0.4, 0.5) is 5.69 Å². The van der Waals surface area contributed by atoms with Crippen molar-refractivity contribution in [2.24, 2.45) is 5.14 Å². The topological polar surface area (TPSA) is 89.3 Å². The highest BCUT2D eigenvalue weighted by molar-refractivity contribution is 7.89. The second-order valence-corrected chi connectivity index (χ2v) is 6.34. The van der Waals surface area contributed by atoms with Crippen LogP contribution in [0.25, 0.3) is 0 Å². The number of ketones is 1. The number of hydrogen-bond donors (Lipinski definition) is 2. The summed E-state index contributed by atoms with van der Waals surface area (Å²) >= 11 is 0. The van der Waals surface area contributed by atoms with E-state index in [2.05, 4.69) is 5.32 Å². The van der Waals surface area contributed by atoms with Gasteiger partial charge in [-0.15, -0.1) is 0 Å². The molecule has 0 saturated heterocycles. The SMILES string of the molecule is Cc1ccc(C(=O)/C=C\Nc2ccc(S(N)(=O)=O)cc2)cc1. The number of hydrogen-bond acceptors (Lipinski definition) is 4. The Morgan fingerprint density at radius 1 is 1.05 bits per heavy atom. The third-order valence-corrected chi connectivity index (χ3v) is 3.93. The van der Waals surface area contributed by atoms with E-state index < -0.39 is 10.0 Å². The monoisotopic (exact) mass is 316 g/mol. The standard InChI is InChI=1S/C16H16N2O3S/c1-12-2-4-13(5-3-12)16(19)10-11-18-14-6-8-15(9-7-14)22(17,20)21/h2-11,18H,1H3,(H2,17,20,21)/b11-10-. The van der Waals surface area contributed by atoms with Crippen molar-refractivity contribution in [2.75, 3.05) is 5.32 Å². The Bertz CT molecular complexity index is 792. The van der Waals surface area contributed by atoms with Crippen molar-refractivity contribution in [1.29, 1.82) is 0 Å². The lowest BCUT2D eigenvalue weighted by Crippen LogP contribution is -2.11. The average Bonchev–Trinajstić information content (AvgIpc) is 2.47. The fourth-order valence-corrected chi connectivity index (χ4v) is 2.28. The molecule has 0 amide bonds. The highest BCUT2D eigenvalue weighted by atomic mass is 32.2. The zero-order valence-corrected chi connectivity index (χ0v) is 12.8. The van der Waals surface area contributed by atoms with Gasteiger partial charge in [0.1, 0.15) is 0 Å². The van der Waals surface area contributed by atoms with Gasteiger partial charge in [0, 0.05) is 23.5 Å². The number of carbonyl (C=O) groups excluding carboxylic acids is 1. The number of nitrogens with two attached hydrogens (primary N) is 1. The molecule has 0 atom stereocenters. The summed E-state index contributed by atoms with van der Waals surface area (Å²) in [7, 11) is -3.69. The van der Waals surface area contributed by atoms with Crippen LogP contribution >= 0.6 is 0 Å². The van der Waals surface area contributed by atoms with Gasteiger partial charge >= 0.3 is 0 Å². The predicted molar refractivity (Wildman–Crippen MR) is 86.1 cm³/mol. The van der Waals surface area contributed by atoms with Crippen molar-refractivity contribution in [2.45, 2.75) is 11.8 Å². The summed E-state index contributed by atoms with van der Waals surface area (Å²) in [4.78, 5) is 11.9. The lowest BCUT2D eigenvalue weighted by Gasteiger charge is -2.02. The Hall–Kier alpha value is -2.44. The molecule has 0 heterocycles. The van der Waals surface area contributed by atoms with E-state index in [-0.39, 0.29) is 10.7 Å². The zero-order valence-electron chi connectivity index (χ0n) is 12.0. The second-order valence-electron chi connectivity index (χ2n) is 4.78. The molecule has 0 fully saturated rings. The molecule has 0 spiro atoms. The maximum atomic E-state index is 11.9. The first kappa shape index (κ1) is 15.9. The van der Waals surface area contributed by atoms with Crippen molar-refractivity contribution >= 4 is 21.5 Å². The third-order valence-electron chi connectivity index (χ3n) is 3.00. The van der Waals surface area contributed by atoms with Crippen LogP contribution in [-0.2, 0) is 10.0 Å². The van der Waals surface area contributed by atoms with Gasteiger partial charge in [-0.05, 0) is 31.2 Å². The molecule has 114 valence electrons. The minimum atomic E-state index is -3.69. The summed E-state index contributed by atoms with van der Waals surface area (Å²) in [6.45, 7) is 1.96. The molecule has 0 aliphatic heterocycles. The molecule has 0 aliphatic rings. The summed E-state index contributed by atoms with van der Waals surface area (Å²) in [6, 6.07) is 13.2. The number of benzene rings is 2. The van der Waals surface area contributed by atoms with Gasteiger partial charge in [0.05, 0.1) is 4.90 Å². The van der Waals surface area contributed by atoms with Gasteiger partial charge < -0.3 is 5.32 Å². The Labute approximate surface area is 129 Å². The summed E-state index contributed by atoms with van der Waals surface area (Å²) in [5, 5.41) is 7.91. The first-order valence-electron chi connectivity index (χ1n) is 6.53. The van der Waals surface area contributed by atoms with Gasteiger partial charge in [0.2, 0.25) is 10.0 Å². The maximum absolute atomic E-state index is 11.9. The maximum Gasteiger partial charge on any atom is 0.238 e. The average molecular weight is 316 g/mol. The molecule has 3 N–H and O–H groups in total. The van der Waals surface area contributed by atoms with Crippen LogP contribution in [0, 0.1) is 6.92 Å². The Morgan fingerprint density at radius 2 is 1.64 bits per heavy atom. The van der Waals surface area contributed by atoms with Crippen LogP contribution in [0.2, 0.25) is 0 Å². The smallest absolute Gasteiger partial charge is 0.238 e. The van der Waals surface area contributed by atoms with Crippen LogP contribution < -0.4 is 10.5 Å². The number of nitrogens with one attached hydrogen (secondary N) is 1. The molecule has 0 bridgehead atoms. The molecule has 2 aromatic rings. The first-order valence-corrected chi connectivity index (χ1v) is 8.08. The van der Waals surface area contributed by atoms with E-state index in [0.29, 0.717) is 11.3 Å². The minimum absolute atomic E-state index is 0.0396. The fourth-order valence-electron chi connectivity index (χ4n) is 1.77. The molecule has 0 saturated carbocycles. The predicted octanol–water partition coefficient (Wildman–Crippen LogP) is 2.45. The van der Waals surface area contributed by atoms with Crippen molar-refractivity contribution in [3.63, 3.8) is 0 Å². The van der Waals surface area contributed by atoms with Crippen molar-refractivity contribution in [1.82, 2.24) is 0 Å². The summed E-state index contributed by atoms with van der Waals surface area (Å²) in [6.07, 6.45) is 2.92. The molecule has 6 heteroatoms. The summed E-state index contributed by atoms with van der Waals surface area (Å²) in [5.74, 6) is -0.117. The molecule has 0 aromatic heterocycles. The Balaban J connectivity index is 2.00. The summed E-state index contributed by atoms with van der Waals surface area (Å²) < 4.78 is 22.3. The van der Waals surface area contributed by atoms with E-state index in [1.165, 1.54) is 24.4 Å². The summed E-state index contributed by atoms with van der Waals surface area (Å²) in [5.41, 5.74) is 2.35. The number of rotatable bonds is 5. The van der Waals surface area contributed by atoms with E-state index in [0.717, 1.165) is 5.56 Å². The fraction of sp³-hybridized carbons (Fsp3) is 0.0625. The molecule has 0 unspecified atom stereocenters. The van der Waals surface area contributed by atoms with Crippen molar-refractivity contribution in [3.8, 4) is 0 Å². The van der Waals surface area contributed by atoms with E-state index in [1.807, 2.05) is 19.1 Å². The van der Waals surface area contributed by atoms with Crippen LogP contribution in [0.1, 0.15) is 15.9 Å². The molecule has 0 aliphatic carbocycles. The van der Waals surface area contributed by atoms with Crippen LogP contribution in [0.5, 0.6) is 0 Å².